The van der Waals surface area contributed by atoms with Crippen LogP contribution in [0, 0.1) is 5.82 Å². The van der Waals surface area contributed by atoms with Gasteiger partial charge in [0.05, 0.1) is 5.60 Å². The van der Waals surface area contributed by atoms with E-state index in [1.807, 2.05) is 20.0 Å². The summed E-state index contributed by atoms with van der Waals surface area (Å²) < 4.78 is 13.9. The van der Waals surface area contributed by atoms with Crippen molar-refractivity contribution in [2.24, 2.45) is 0 Å². The lowest BCUT2D eigenvalue weighted by atomic mass is 9.98. The Morgan fingerprint density at radius 3 is 2.89 bits per heavy atom. The van der Waals surface area contributed by atoms with Crippen molar-refractivity contribution < 1.29 is 9.50 Å². The lowest BCUT2D eigenvalue weighted by molar-refractivity contribution is 0.0481. The van der Waals surface area contributed by atoms with Crippen LogP contribution in [0.1, 0.15) is 31.7 Å². The van der Waals surface area contributed by atoms with Crippen molar-refractivity contribution in [1.29, 1.82) is 0 Å². The van der Waals surface area contributed by atoms with Gasteiger partial charge in [-0.25, -0.2) is 4.39 Å². The molecule has 0 radical (unpaired) electrons. The molecule has 0 spiro atoms. The first kappa shape index (κ1) is 14.3. The van der Waals surface area contributed by atoms with Crippen LogP contribution in [-0.4, -0.2) is 30.8 Å². The van der Waals surface area contributed by atoms with Crippen LogP contribution in [0.3, 0.4) is 0 Å². The molecule has 0 saturated carbocycles. The molecule has 1 aliphatic heterocycles. The topological polar surface area (TPSA) is 35.5 Å². The number of nitrogens with one attached hydrogen (secondary N) is 1. The largest absolute Gasteiger partial charge is 0.390 e. The van der Waals surface area contributed by atoms with E-state index in [1.165, 1.54) is 6.07 Å². The second-order valence-electron chi connectivity index (χ2n) is 5.61. The summed E-state index contributed by atoms with van der Waals surface area (Å²) in [5, 5.41) is 13.2. The van der Waals surface area contributed by atoms with Gasteiger partial charge in [-0.15, -0.1) is 0 Å². The molecule has 3 nitrogen and oxygen atoms in total. The minimum atomic E-state index is -0.592. The standard InChI is InChI=1S/C15H23FN2O/c1-15(19)7-4-9-18(10-8-15)14-6-3-5-13(16)12(14)11-17-2/h3,5-6,17,19H,4,7-11H2,1-2H3. The lowest BCUT2D eigenvalue weighted by Gasteiger charge is -2.26. The van der Waals surface area contributed by atoms with Crippen molar-refractivity contribution in [3.63, 3.8) is 0 Å². The smallest absolute Gasteiger partial charge is 0.129 e. The Balaban J connectivity index is 2.23. The molecule has 0 bridgehead atoms. The van der Waals surface area contributed by atoms with Crippen LogP contribution in [0.25, 0.3) is 0 Å². The Kier molecular flexibility index (Phi) is 4.42. The summed E-state index contributed by atoms with van der Waals surface area (Å²) in [5.41, 5.74) is 1.07. The van der Waals surface area contributed by atoms with E-state index in [4.69, 9.17) is 0 Å². The lowest BCUT2D eigenvalue weighted by Crippen LogP contribution is -2.29. The van der Waals surface area contributed by atoms with Gasteiger partial charge in [-0.1, -0.05) is 6.07 Å². The number of aliphatic hydroxyl groups is 1. The van der Waals surface area contributed by atoms with Crippen LogP contribution in [-0.2, 0) is 6.54 Å². The maximum Gasteiger partial charge on any atom is 0.129 e. The molecule has 1 aromatic carbocycles. The molecule has 1 aliphatic rings. The molecule has 1 fully saturated rings. The zero-order chi connectivity index (χ0) is 13.9. The first-order valence-electron chi connectivity index (χ1n) is 6.93. The molecule has 4 heteroatoms. The van der Waals surface area contributed by atoms with Crippen molar-refractivity contribution in [3.05, 3.63) is 29.6 Å². The Morgan fingerprint density at radius 2 is 2.16 bits per heavy atom. The zero-order valence-electron chi connectivity index (χ0n) is 11.7. The van der Waals surface area contributed by atoms with Crippen LogP contribution < -0.4 is 10.2 Å². The van der Waals surface area contributed by atoms with E-state index in [0.717, 1.165) is 38.0 Å². The van der Waals surface area contributed by atoms with Gasteiger partial charge in [0.15, 0.2) is 0 Å². The number of benzene rings is 1. The molecule has 1 aromatic rings. The summed E-state index contributed by atoms with van der Waals surface area (Å²) in [6, 6.07) is 5.23. The highest BCUT2D eigenvalue weighted by Crippen LogP contribution is 2.28. The molecular weight excluding hydrogens is 243 g/mol. The Hall–Kier alpha value is -1.13. The molecule has 106 valence electrons. The van der Waals surface area contributed by atoms with Crippen molar-refractivity contribution in [3.8, 4) is 0 Å². The highest BCUT2D eigenvalue weighted by molar-refractivity contribution is 5.54. The van der Waals surface area contributed by atoms with Crippen LogP contribution in [0.4, 0.5) is 10.1 Å². The van der Waals surface area contributed by atoms with Gasteiger partial charge in [-0.2, -0.15) is 0 Å². The number of nitrogens with zero attached hydrogens (tertiary/aromatic N) is 1. The minimum absolute atomic E-state index is 0.164. The van der Waals surface area contributed by atoms with Gasteiger partial charge >= 0.3 is 0 Å². The monoisotopic (exact) mass is 266 g/mol. The molecule has 1 unspecified atom stereocenters. The minimum Gasteiger partial charge on any atom is -0.390 e. The maximum atomic E-state index is 13.9. The van der Waals surface area contributed by atoms with Gasteiger partial charge < -0.3 is 15.3 Å². The number of anilines is 1. The molecule has 2 rings (SSSR count). The van der Waals surface area contributed by atoms with Crippen LogP contribution in [0.15, 0.2) is 18.2 Å². The Morgan fingerprint density at radius 1 is 1.37 bits per heavy atom. The highest BCUT2D eigenvalue weighted by atomic mass is 19.1. The fraction of sp³-hybridized carbons (Fsp3) is 0.600. The normalized spacial score (nSPS) is 24.3. The molecular formula is C15H23FN2O. The van der Waals surface area contributed by atoms with E-state index in [9.17, 15) is 9.50 Å². The molecule has 1 saturated heterocycles. The third-order valence-electron chi connectivity index (χ3n) is 3.85. The molecule has 19 heavy (non-hydrogen) atoms. The fourth-order valence-electron chi connectivity index (χ4n) is 2.70. The number of halogens is 1. The van der Waals surface area contributed by atoms with Crippen molar-refractivity contribution in [2.45, 2.75) is 38.3 Å². The van der Waals surface area contributed by atoms with Gasteiger partial charge in [0.2, 0.25) is 0 Å². The van der Waals surface area contributed by atoms with Crippen molar-refractivity contribution in [2.75, 3.05) is 25.0 Å². The van der Waals surface area contributed by atoms with Crippen molar-refractivity contribution in [1.82, 2.24) is 5.32 Å². The molecule has 1 atom stereocenters. The fourth-order valence-corrected chi connectivity index (χ4v) is 2.70. The average molecular weight is 266 g/mol. The highest BCUT2D eigenvalue weighted by Gasteiger charge is 2.26. The summed E-state index contributed by atoms with van der Waals surface area (Å²) in [6.45, 7) is 4.05. The second-order valence-corrected chi connectivity index (χ2v) is 5.61. The molecule has 0 amide bonds. The first-order valence-corrected chi connectivity index (χ1v) is 6.93. The molecule has 0 aliphatic carbocycles. The van der Waals surface area contributed by atoms with Gasteiger partial charge in [-0.3, -0.25) is 0 Å². The number of rotatable bonds is 3. The Bertz CT molecular complexity index is 434. The van der Waals surface area contributed by atoms with E-state index in [0.29, 0.717) is 12.1 Å². The zero-order valence-corrected chi connectivity index (χ0v) is 11.7. The third kappa shape index (κ3) is 3.45. The van der Waals surface area contributed by atoms with E-state index < -0.39 is 5.60 Å². The van der Waals surface area contributed by atoms with Crippen LogP contribution in [0.2, 0.25) is 0 Å². The van der Waals surface area contributed by atoms with Gasteiger partial charge in [0.1, 0.15) is 5.82 Å². The van der Waals surface area contributed by atoms with Crippen molar-refractivity contribution >= 4 is 5.69 Å². The summed E-state index contributed by atoms with van der Waals surface area (Å²) in [5.74, 6) is -0.164. The first-order chi connectivity index (χ1) is 9.03. The van der Waals surface area contributed by atoms with Gasteiger partial charge in [0, 0.05) is 30.9 Å². The summed E-state index contributed by atoms with van der Waals surface area (Å²) in [7, 11) is 1.82. The molecule has 0 aromatic heterocycles. The van der Waals surface area contributed by atoms with Crippen LogP contribution >= 0.6 is 0 Å². The van der Waals surface area contributed by atoms with Gasteiger partial charge in [-0.05, 0) is 45.4 Å². The average Bonchev–Trinajstić information content (AvgIpc) is 2.53. The quantitative estimate of drug-likeness (QED) is 0.881. The molecule has 2 N–H and O–H groups in total. The predicted molar refractivity (Wildman–Crippen MR) is 75.9 cm³/mol. The molecule has 1 heterocycles. The van der Waals surface area contributed by atoms with E-state index in [2.05, 4.69) is 10.2 Å². The maximum absolute atomic E-state index is 13.9. The van der Waals surface area contributed by atoms with E-state index >= 15 is 0 Å². The number of hydrogen-bond acceptors (Lipinski definition) is 3. The Labute approximate surface area is 114 Å². The number of hydrogen-bond donors (Lipinski definition) is 2. The summed E-state index contributed by atoms with van der Waals surface area (Å²) >= 11 is 0. The van der Waals surface area contributed by atoms with Gasteiger partial charge in [0.25, 0.3) is 0 Å². The van der Waals surface area contributed by atoms with E-state index in [1.54, 1.807) is 6.07 Å². The van der Waals surface area contributed by atoms with E-state index in [-0.39, 0.29) is 5.82 Å². The van der Waals surface area contributed by atoms with Crippen LogP contribution in [0.5, 0.6) is 0 Å². The predicted octanol–water partition coefficient (Wildman–Crippen LogP) is 2.29. The second kappa shape index (κ2) is 5.88. The summed E-state index contributed by atoms with van der Waals surface area (Å²) in [6.07, 6.45) is 2.46. The third-order valence-corrected chi connectivity index (χ3v) is 3.85. The summed E-state index contributed by atoms with van der Waals surface area (Å²) in [4.78, 5) is 2.19. The SMILES string of the molecule is CNCc1c(F)cccc1N1CCCC(C)(O)CC1.